The van der Waals surface area contributed by atoms with Gasteiger partial charge in [0.2, 0.25) is 5.95 Å². The van der Waals surface area contributed by atoms with Gasteiger partial charge >= 0.3 is 0 Å². The number of nitrogens with zero attached hydrogens (tertiary/aromatic N) is 1. The highest BCUT2D eigenvalue weighted by Crippen LogP contribution is 2.20. The lowest BCUT2D eigenvalue weighted by Gasteiger charge is -2.08. The summed E-state index contributed by atoms with van der Waals surface area (Å²) in [5, 5.41) is 3.21. The van der Waals surface area contributed by atoms with Gasteiger partial charge in [-0.1, -0.05) is 26.0 Å². The van der Waals surface area contributed by atoms with Gasteiger partial charge in [0.1, 0.15) is 0 Å². The Morgan fingerprint density at radius 3 is 2.87 bits per heavy atom. The Hall–Kier alpha value is -1.77. The smallest absolute Gasteiger partial charge is 0.204 e. The van der Waals surface area contributed by atoms with Gasteiger partial charge in [-0.05, 0) is 23.6 Å². The van der Waals surface area contributed by atoms with Crippen LogP contribution in [0.1, 0.15) is 25.3 Å². The molecule has 0 radical (unpaired) electrons. The normalized spacial score (nSPS) is 10.6. The van der Waals surface area contributed by atoms with Gasteiger partial charge in [0.15, 0.2) is 0 Å². The minimum atomic E-state index is 0.545. The molecule has 0 spiro atoms. The fourth-order valence-electron chi connectivity index (χ4n) is 1.45. The number of aromatic nitrogens is 2. The van der Waals surface area contributed by atoms with Gasteiger partial charge in [-0.15, -0.1) is 0 Å². The van der Waals surface area contributed by atoms with Gasteiger partial charge in [-0.3, -0.25) is 0 Å². The first kappa shape index (κ1) is 9.77. The van der Waals surface area contributed by atoms with Crippen molar-refractivity contribution in [2.75, 3.05) is 5.32 Å². The van der Waals surface area contributed by atoms with Gasteiger partial charge in [0, 0.05) is 18.1 Å². The number of hydrogen-bond donors (Lipinski definition) is 2. The highest BCUT2D eigenvalue weighted by Gasteiger charge is 2.00. The van der Waals surface area contributed by atoms with E-state index in [0.717, 1.165) is 11.6 Å². The second-order valence-corrected chi connectivity index (χ2v) is 3.84. The zero-order chi connectivity index (χ0) is 10.7. The van der Waals surface area contributed by atoms with Crippen molar-refractivity contribution in [3.05, 3.63) is 42.2 Å². The third kappa shape index (κ3) is 2.37. The van der Waals surface area contributed by atoms with Crippen molar-refractivity contribution in [3.8, 4) is 0 Å². The number of aromatic amines is 1. The largest absolute Gasteiger partial charge is 0.331 e. The van der Waals surface area contributed by atoms with Gasteiger partial charge in [-0.2, -0.15) is 0 Å². The molecule has 0 aliphatic heterocycles. The first-order valence-corrected chi connectivity index (χ1v) is 5.12. The molecule has 3 heteroatoms. The lowest BCUT2D eigenvalue weighted by molar-refractivity contribution is 0.867. The van der Waals surface area contributed by atoms with E-state index in [1.807, 2.05) is 6.07 Å². The molecule has 0 aliphatic carbocycles. The molecule has 0 atom stereocenters. The molecule has 2 aromatic rings. The minimum Gasteiger partial charge on any atom is -0.331 e. The first-order valence-electron chi connectivity index (χ1n) is 5.12. The third-order valence-corrected chi connectivity index (χ3v) is 2.31. The van der Waals surface area contributed by atoms with E-state index in [2.05, 4.69) is 47.3 Å². The van der Waals surface area contributed by atoms with Crippen LogP contribution in [0.2, 0.25) is 0 Å². The summed E-state index contributed by atoms with van der Waals surface area (Å²) in [5.41, 5.74) is 2.39. The predicted octanol–water partition coefficient (Wildman–Crippen LogP) is 3.28. The molecule has 0 bridgehead atoms. The lowest BCUT2D eigenvalue weighted by atomic mass is 10.0. The summed E-state index contributed by atoms with van der Waals surface area (Å²) in [6, 6.07) is 8.38. The minimum absolute atomic E-state index is 0.545. The molecule has 15 heavy (non-hydrogen) atoms. The van der Waals surface area contributed by atoms with Crippen molar-refractivity contribution in [2.24, 2.45) is 0 Å². The highest BCUT2D eigenvalue weighted by molar-refractivity contribution is 5.54. The summed E-state index contributed by atoms with van der Waals surface area (Å²) in [6.07, 6.45) is 3.53. The van der Waals surface area contributed by atoms with Crippen LogP contribution in [0.3, 0.4) is 0 Å². The molecular formula is C12H15N3. The van der Waals surface area contributed by atoms with Crippen LogP contribution in [0.4, 0.5) is 11.6 Å². The van der Waals surface area contributed by atoms with Crippen LogP contribution in [-0.2, 0) is 0 Å². The molecule has 1 aromatic heterocycles. The van der Waals surface area contributed by atoms with Gasteiger partial charge in [0.05, 0.1) is 0 Å². The average Bonchev–Trinajstić information content (AvgIpc) is 2.71. The maximum absolute atomic E-state index is 4.12. The van der Waals surface area contributed by atoms with Crippen molar-refractivity contribution in [2.45, 2.75) is 19.8 Å². The summed E-state index contributed by atoms with van der Waals surface area (Å²) >= 11 is 0. The van der Waals surface area contributed by atoms with Crippen molar-refractivity contribution in [1.82, 2.24) is 9.97 Å². The van der Waals surface area contributed by atoms with Gasteiger partial charge in [-0.25, -0.2) is 4.98 Å². The van der Waals surface area contributed by atoms with Crippen molar-refractivity contribution in [1.29, 1.82) is 0 Å². The van der Waals surface area contributed by atoms with Crippen LogP contribution >= 0.6 is 0 Å². The maximum atomic E-state index is 4.12. The van der Waals surface area contributed by atoms with Crippen LogP contribution in [0.5, 0.6) is 0 Å². The molecule has 0 unspecified atom stereocenters. The Morgan fingerprint density at radius 1 is 1.33 bits per heavy atom. The van der Waals surface area contributed by atoms with Crippen LogP contribution in [-0.4, -0.2) is 9.97 Å². The molecular weight excluding hydrogens is 186 g/mol. The zero-order valence-electron chi connectivity index (χ0n) is 8.99. The van der Waals surface area contributed by atoms with Crippen LogP contribution in [0.15, 0.2) is 36.7 Å². The number of imidazole rings is 1. The Labute approximate surface area is 89.6 Å². The summed E-state index contributed by atoms with van der Waals surface area (Å²) in [4.78, 5) is 7.13. The Kier molecular flexibility index (Phi) is 2.72. The van der Waals surface area contributed by atoms with E-state index in [9.17, 15) is 0 Å². The molecule has 78 valence electrons. The van der Waals surface area contributed by atoms with E-state index in [-0.39, 0.29) is 0 Å². The van der Waals surface area contributed by atoms with Gasteiger partial charge in [0.25, 0.3) is 0 Å². The number of nitrogens with one attached hydrogen (secondary N) is 2. The highest BCUT2D eigenvalue weighted by atomic mass is 15.1. The topological polar surface area (TPSA) is 40.7 Å². The van der Waals surface area contributed by atoms with Crippen molar-refractivity contribution >= 4 is 11.6 Å². The number of anilines is 2. The molecule has 1 aromatic carbocycles. The monoisotopic (exact) mass is 201 g/mol. The maximum Gasteiger partial charge on any atom is 0.204 e. The SMILES string of the molecule is CC(C)c1cccc(Nc2ncc[nH]2)c1. The van der Waals surface area contributed by atoms with E-state index < -0.39 is 0 Å². The fourth-order valence-corrected chi connectivity index (χ4v) is 1.45. The van der Waals surface area contributed by atoms with Crippen LogP contribution in [0.25, 0.3) is 0 Å². The quantitative estimate of drug-likeness (QED) is 0.800. The number of rotatable bonds is 3. The van der Waals surface area contributed by atoms with Crippen LogP contribution in [0, 0.1) is 0 Å². The second kappa shape index (κ2) is 4.17. The van der Waals surface area contributed by atoms with E-state index >= 15 is 0 Å². The number of H-pyrrole nitrogens is 1. The van der Waals surface area contributed by atoms with E-state index in [0.29, 0.717) is 5.92 Å². The van der Waals surface area contributed by atoms with Crippen molar-refractivity contribution in [3.63, 3.8) is 0 Å². The molecule has 0 saturated heterocycles. The molecule has 2 N–H and O–H groups in total. The first-order chi connectivity index (χ1) is 7.25. The lowest BCUT2D eigenvalue weighted by Crippen LogP contribution is -1.94. The van der Waals surface area contributed by atoms with Crippen LogP contribution < -0.4 is 5.32 Å². The molecule has 0 saturated carbocycles. The third-order valence-electron chi connectivity index (χ3n) is 2.31. The zero-order valence-corrected chi connectivity index (χ0v) is 8.99. The summed E-state index contributed by atoms with van der Waals surface area (Å²) < 4.78 is 0. The van der Waals surface area contributed by atoms with Gasteiger partial charge < -0.3 is 10.3 Å². The summed E-state index contributed by atoms with van der Waals surface area (Å²) in [6.45, 7) is 4.37. The average molecular weight is 201 g/mol. The number of hydrogen-bond acceptors (Lipinski definition) is 2. The fraction of sp³-hybridized carbons (Fsp3) is 0.250. The standard InChI is InChI=1S/C12H15N3/c1-9(2)10-4-3-5-11(8-10)15-12-13-6-7-14-12/h3-9H,1-2H3,(H2,13,14,15). The number of benzene rings is 1. The molecule has 0 aliphatic rings. The molecule has 1 heterocycles. The second-order valence-electron chi connectivity index (χ2n) is 3.84. The molecule has 2 rings (SSSR count). The molecule has 3 nitrogen and oxygen atoms in total. The summed E-state index contributed by atoms with van der Waals surface area (Å²) in [5.74, 6) is 1.32. The summed E-state index contributed by atoms with van der Waals surface area (Å²) in [7, 11) is 0. The van der Waals surface area contributed by atoms with Crippen molar-refractivity contribution < 1.29 is 0 Å². The molecule has 0 amide bonds. The van der Waals surface area contributed by atoms with E-state index in [1.54, 1.807) is 12.4 Å². The van der Waals surface area contributed by atoms with E-state index in [4.69, 9.17) is 0 Å². The predicted molar refractivity (Wildman–Crippen MR) is 62.4 cm³/mol. The Morgan fingerprint density at radius 2 is 2.20 bits per heavy atom. The Balaban J connectivity index is 2.18. The van der Waals surface area contributed by atoms with E-state index in [1.165, 1.54) is 5.56 Å². The Bertz CT molecular complexity index is 418. The molecule has 0 fully saturated rings.